The zero-order valence-electron chi connectivity index (χ0n) is 12.7. The molecule has 2 rings (SSSR count). The highest BCUT2D eigenvalue weighted by Crippen LogP contribution is 2.27. The normalized spacial score (nSPS) is 12.2. The summed E-state index contributed by atoms with van der Waals surface area (Å²) in [5.74, 6) is 0.857. The first kappa shape index (κ1) is 16.0. The van der Waals surface area contributed by atoms with Crippen LogP contribution in [0.3, 0.4) is 0 Å². The van der Waals surface area contributed by atoms with Crippen molar-refractivity contribution in [2.45, 2.75) is 26.3 Å². The van der Waals surface area contributed by atoms with E-state index in [0.29, 0.717) is 0 Å². The third kappa shape index (κ3) is 4.29. The van der Waals surface area contributed by atoms with Crippen LogP contribution in [0, 0.1) is 6.92 Å². The number of hydrogen-bond acceptors (Lipinski definition) is 3. The molecule has 0 aliphatic heterocycles. The summed E-state index contributed by atoms with van der Waals surface area (Å²) in [7, 11) is 1.68. The molecule has 1 atom stereocenters. The summed E-state index contributed by atoms with van der Waals surface area (Å²) in [6.07, 6.45) is 4.75. The van der Waals surface area contributed by atoms with Gasteiger partial charge in [0.15, 0.2) is 0 Å². The minimum atomic E-state index is 0.266. The number of methoxy groups -OCH3 is 1. The van der Waals surface area contributed by atoms with E-state index in [-0.39, 0.29) is 6.04 Å². The van der Waals surface area contributed by atoms with Gasteiger partial charge >= 0.3 is 0 Å². The summed E-state index contributed by atoms with van der Waals surface area (Å²) < 4.78 is 6.27. The smallest absolute Gasteiger partial charge is 0.133 e. The molecule has 1 aromatic carbocycles. The number of aryl methyl sites for hydroxylation is 1. The zero-order chi connectivity index (χ0) is 15.2. The molecule has 1 unspecified atom stereocenters. The van der Waals surface area contributed by atoms with Crippen molar-refractivity contribution in [3.8, 4) is 5.75 Å². The molecule has 0 amide bonds. The van der Waals surface area contributed by atoms with Crippen molar-refractivity contribution in [3.05, 3.63) is 57.8 Å². The monoisotopic (exact) mass is 348 g/mol. The molecular weight excluding hydrogens is 328 g/mol. The Morgan fingerprint density at radius 3 is 2.71 bits per heavy atom. The van der Waals surface area contributed by atoms with E-state index >= 15 is 0 Å². The first-order chi connectivity index (χ1) is 10.1. The fraction of sp³-hybridized carbons (Fsp3) is 0.353. The summed E-state index contributed by atoms with van der Waals surface area (Å²) in [6.45, 7) is 5.12. The number of pyridine rings is 1. The van der Waals surface area contributed by atoms with Gasteiger partial charge in [0, 0.05) is 18.4 Å². The Balaban J connectivity index is 2.22. The second kappa shape index (κ2) is 7.57. The molecule has 1 heterocycles. The number of rotatable bonds is 6. The van der Waals surface area contributed by atoms with Gasteiger partial charge in [-0.1, -0.05) is 19.1 Å². The minimum absolute atomic E-state index is 0.266. The number of ether oxygens (including phenoxy) is 1. The molecule has 0 saturated heterocycles. The molecule has 0 spiro atoms. The standard InChI is InChI=1S/C17H21BrN2O/c1-4-20-16(14-7-12(2)10-19-11-14)9-13-5-6-17(21-3)15(18)8-13/h5-8,10-11,16,20H,4,9H2,1-3H3. The molecule has 2 aromatic rings. The fourth-order valence-corrected chi connectivity index (χ4v) is 2.98. The molecule has 0 aliphatic carbocycles. The number of nitrogens with one attached hydrogen (secondary N) is 1. The van der Waals surface area contributed by atoms with Crippen LogP contribution < -0.4 is 10.1 Å². The molecule has 21 heavy (non-hydrogen) atoms. The van der Waals surface area contributed by atoms with Gasteiger partial charge in [-0.25, -0.2) is 0 Å². The van der Waals surface area contributed by atoms with Crippen LogP contribution in [0.4, 0.5) is 0 Å². The van der Waals surface area contributed by atoms with Crippen molar-refractivity contribution in [1.82, 2.24) is 10.3 Å². The quantitative estimate of drug-likeness (QED) is 0.854. The molecule has 0 aliphatic rings. The predicted molar refractivity (Wildman–Crippen MR) is 89.8 cm³/mol. The Kier molecular flexibility index (Phi) is 5.76. The molecule has 1 N–H and O–H groups in total. The largest absolute Gasteiger partial charge is 0.496 e. The Bertz CT molecular complexity index is 601. The second-order valence-corrected chi connectivity index (χ2v) is 5.93. The van der Waals surface area contributed by atoms with Gasteiger partial charge in [-0.3, -0.25) is 4.98 Å². The van der Waals surface area contributed by atoms with Gasteiger partial charge in [0.25, 0.3) is 0 Å². The predicted octanol–water partition coefficient (Wildman–Crippen LogP) is 4.05. The van der Waals surface area contributed by atoms with E-state index in [0.717, 1.165) is 23.2 Å². The second-order valence-electron chi connectivity index (χ2n) is 5.08. The summed E-state index contributed by atoms with van der Waals surface area (Å²) in [6, 6.07) is 8.68. The van der Waals surface area contributed by atoms with Gasteiger partial charge < -0.3 is 10.1 Å². The third-order valence-corrected chi connectivity index (χ3v) is 4.02. The average Bonchev–Trinajstić information content (AvgIpc) is 2.47. The van der Waals surface area contributed by atoms with Gasteiger partial charge in [0.2, 0.25) is 0 Å². The van der Waals surface area contributed by atoms with Crippen LogP contribution in [0.15, 0.2) is 41.1 Å². The highest BCUT2D eigenvalue weighted by Gasteiger charge is 2.13. The van der Waals surface area contributed by atoms with Gasteiger partial charge in [-0.15, -0.1) is 0 Å². The summed E-state index contributed by atoms with van der Waals surface area (Å²) in [4.78, 5) is 4.30. The van der Waals surface area contributed by atoms with Gasteiger partial charge in [-0.2, -0.15) is 0 Å². The maximum Gasteiger partial charge on any atom is 0.133 e. The van der Waals surface area contributed by atoms with Crippen LogP contribution in [0.2, 0.25) is 0 Å². The summed E-state index contributed by atoms with van der Waals surface area (Å²) >= 11 is 3.55. The van der Waals surface area contributed by atoms with Crippen LogP contribution >= 0.6 is 15.9 Å². The number of nitrogens with zero attached hydrogens (tertiary/aromatic N) is 1. The summed E-state index contributed by atoms with van der Waals surface area (Å²) in [5, 5.41) is 3.54. The lowest BCUT2D eigenvalue weighted by Crippen LogP contribution is -2.23. The fourth-order valence-electron chi connectivity index (χ4n) is 2.40. The van der Waals surface area contributed by atoms with Crippen LogP contribution in [0.1, 0.15) is 29.7 Å². The molecule has 0 saturated carbocycles. The number of likely N-dealkylation sites (N-methyl/N-ethyl adjacent to an activating group) is 1. The maximum atomic E-state index is 5.28. The van der Waals surface area contributed by atoms with E-state index in [1.54, 1.807) is 7.11 Å². The van der Waals surface area contributed by atoms with Crippen molar-refractivity contribution < 1.29 is 4.74 Å². The number of aromatic nitrogens is 1. The number of halogens is 1. The van der Waals surface area contributed by atoms with E-state index in [2.05, 4.69) is 58.3 Å². The topological polar surface area (TPSA) is 34.1 Å². The molecule has 0 bridgehead atoms. The Labute approximate surface area is 134 Å². The first-order valence-electron chi connectivity index (χ1n) is 7.11. The van der Waals surface area contributed by atoms with E-state index in [1.807, 2.05) is 18.5 Å². The summed E-state index contributed by atoms with van der Waals surface area (Å²) in [5.41, 5.74) is 3.67. The Hall–Kier alpha value is -1.39. The van der Waals surface area contributed by atoms with Crippen LogP contribution in [0.5, 0.6) is 5.75 Å². The van der Waals surface area contributed by atoms with E-state index in [4.69, 9.17) is 4.74 Å². The van der Waals surface area contributed by atoms with Crippen LogP contribution in [0.25, 0.3) is 0 Å². The van der Waals surface area contributed by atoms with Crippen molar-refractivity contribution in [2.75, 3.05) is 13.7 Å². The van der Waals surface area contributed by atoms with Crippen molar-refractivity contribution >= 4 is 15.9 Å². The van der Waals surface area contributed by atoms with Crippen LogP contribution in [-0.4, -0.2) is 18.6 Å². The highest BCUT2D eigenvalue weighted by atomic mass is 79.9. The Morgan fingerprint density at radius 1 is 1.29 bits per heavy atom. The van der Waals surface area contributed by atoms with E-state index in [9.17, 15) is 0 Å². The van der Waals surface area contributed by atoms with Gasteiger partial charge in [-0.05, 0) is 64.6 Å². The van der Waals surface area contributed by atoms with Crippen LogP contribution in [-0.2, 0) is 6.42 Å². The van der Waals surface area contributed by atoms with E-state index in [1.165, 1.54) is 16.7 Å². The van der Waals surface area contributed by atoms with Crippen molar-refractivity contribution in [3.63, 3.8) is 0 Å². The highest BCUT2D eigenvalue weighted by molar-refractivity contribution is 9.10. The minimum Gasteiger partial charge on any atom is -0.496 e. The Morgan fingerprint density at radius 2 is 2.10 bits per heavy atom. The van der Waals surface area contributed by atoms with Crippen molar-refractivity contribution in [2.24, 2.45) is 0 Å². The van der Waals surface area contributed by atoms with E-state index < -0.39 is 0 Å². The third-order valence-electron chi connectivity index (χ3n) is 3.41. The molecular formula is C17H21BrN2O. The van der Waals surface area contributed by atoms with Crippen molar-refractivity contribution in [1.29, 1.82) is 0 Å². The number of hydrogen-bond donors (Lipinski definition) is 1. The SMILES string of the molecule is CCNC(Cc1ccc(OC)c(Br)c1)c1cncc(C)c1. The lowest BCUT2D eigenvalue weighted by molar-refractivity contribution is 0.412. The lowest BCUT2D eigenvalue weighted by Gasteiger charge is -2.19. The van der Waals surface area contributed by atoms with Gasteiger partial charge in [0.1, 0.15) is 5.75 Å². The number of benzene rings is 1. The lowest BCUT2D eigenvalue weighted by atomic mass is 9.99. The molecule has 3 nitrogen and oxygen atoms in total. The molecule has 0 radical (unpaired) electrons. The average molecular weight is 349 g/mol. The molecule has 0 fully saturated rings. The zero-order valence-corrected chi connectivity index (χ0v) is 14.3. The molecule has 4 heteroatoms. The molecule has 112 valence electrons. The first-order valence-corrected chi connectivity index (χ1v) is 7.90. The molecule has 1 aromatic heterocycles. The van der Waals surface area contributed by atoms with Gasteiger partial charge in [0.05, 0.1) is 11.6 Å². The maximum absolute atomic E-state index is 5.28.